The van der Waals surface area contributed by atoms with Gasteiger partial charge >= 0.3 is 0 Å². The Hall–Kier alpha value is -3.48. The SMILES string of the molecule is Cc1ccc(-n2nc(-c3ccc([N+](=O)[O-])cc3)cc2C(=O)NCCC(C)C)c(C)c1. The summed E-state index contributed by atoms with van der Waals surface area (Å²) >= 11 is 0. The summed E-state index contributed by atoms with van der Waals surface area (Å²) in [6.45, 7) is 8.80. The van der Waals surface area contributed by atoms with Gasteiger partial charge in [-0.05, 0) is 56.0 Å². The van der Waals surface area contributed by atoms with E-state index < -0.39 is 4.92 Å². The van der Waals surface area contributed by atoms with Crippen molar-refractivity contribution in [1.29, 1.82) is 0 Å². The molecule has 0 aliphatic carbocycles. The largest absolute Gasteiger partial charge is 0.351 e. The number of non-ortho nitro benzene ring substituents is 1. The number of nitrogens with zero attached hydrogens (tertiary/aromatic N) is 3. The second kappa shape index (κ2) is 8.90. The number of hydrogen-bond donors (Lipinski definition) is 1. The van der Waals surface area contributed by atoms with E-state index in [1.54, 1.807) is 22.9 Å². The minimum absolute atomic E-state index is 0.0132. The molecule has 0 saturated heterocycles. The molecule has 0 bridgehead atoms. The maximum Gasteiger partial charge on any atom is 0.270 e. The summed E-state index contributed by atoms with van der Waals surface area (Å²) in [6.07, 6.45) is 0.888. The zero-order valence-corrected chi connectivity index (χ0v) is 17.7. The molecule has 0 unspecified atom stereocenters. The standard InChI is InChI=1S/C23H26N4O3/c1-15(2)11-12-24-23(28)22-14-20(18-6-8-19(9-7-18)27(29)30)25-26(22)21-10-5-16(3)13-17(21)4/h5-10,13-15H,11-12H2,1-4H3,(H,24,28). The van der Waals surface area contributed by atoms with Gasteiger partial charge in [0, 0.05) is 24.2 Å². The van der Waals surface area contributed by atoms with Crippen LogP contribution in [-0.2, 0) is 0 Å². The molecule has 7 heteroatoms. The molecule has 0 fully saturated rings. The van der Waals surface area contributed by atoms with Gasteiger partial charge in [0.25, 0.3) is 11.6 Å². The Morgan fingerprint density at radius 3 is 2.43 bits per heavy atom. The van der Waals surface area contributed by atoms with E-state index in [-0.39, 0.29) is 11.6 Å². The molecule has 0 aliphatic rings. The van der Waals surface area contributed by atoms with Crippen LogP contribution in [0.2, 0.25) is 0 Å². The van der Waals surface area contributed by atoms with Gasteiger partial charge in [0.15, 0.2) is 0 Å². The number of carbonyl (C=O) groups excluding carboxylic acids is 1. The van der Waals surface area contributed by atoms with E-state index in [0.717, 1.165) is 23.2 Å². The van der Waals surface area contributed by atoms with Crippen molar-refractivity contribution in [3.8, 4) is 16.9 Å². The summed E-state index contributed by atoms with van der Waals surface area (Å²) in [5.41, 5.74) is 4.69. The zero-order valence-electron chi connectivity index (χ0n) is 17.7. The zero-order chi connectivity index (χ0) is 21.8. The van der Waals surface area contributed by atoms with Crippen molar-refractivity contribution in [1.82, 2.24) is 15.1 Å². The molecule has 3 rings (SSSR count). The molecule has 0 aliphatic heterocycles. The van der Waals surface area contributed by atoms with E-state index >= 15 is 0 Å². The van der Waals surface area contributed by atoms with Crippen molar-refractivity contribution in [2.75, 3.05) is 6.54 Å². The molecular formula is C23H26N4O3. The number of aryl methyl sites for hydroxylation is 2. The summed E-state index contributed by atoms with van der Waals surface area (Å²) in [5, 5.41) is 18.6. The van der Waals surface area contributed by atoms with Crippen LogP contribution < -0.4 is 5.32 Å². The first-order valence-electron chi connectivity index (χ1n) is 9.97. The Morgan fingerprint density at radius 2 is 1.83 bits per heavy atom. The number of nitro benzene ring substituents is 1. The summed E-state index contributed by atoms with van der Waals surface area (Å²) in [7, 11) is 0. The minimum atomic E-state index is -0.439. The molecule has 1 amide bonds. The van der Waals surface area contributed by atoms with Crippen LogP contribution in [0, 0.1) is 29.9 Å². The highest BCUT2D eigenvalue weighted by Crippen LogP contribution is 2.25. The van der Waals surface area contributed by atoms with Gasteiger partial charge in [-0.3, -0.25) is 14.9 Å². The summed E-state index contributed by atoms with van der Waals surface area (Å²) < 4.78 is 1.65. The Bertz CT molecular complexity index is 1070. The Labute approximate surface area is 175 Å². The van der Waals surface area contributed by atoms with Crippen LogP contribution >= 0.6 is 0 Å². The molecule has 0 atom stereocenters. The Kier molecular flexibility index (Phi) is 6.30. The predicted octanol–water partition coefficient (Wildman–Crippen LogP) is 4.84. The molecule has 0 saturated carbocycles. The van der Waals surface area contributed by atoms with Crippen LogP contribution in [0.15, 0.2) is 48.5 Å². The first-order valence-corrected chi connectivity index (χ1v) is 9.97. The second-order valence-electron chi connectivity index (χ2n) is 7.86. The molecular weight excluding hydrogens is 380 g/mol. The summed E-state index contributed by atoms with van der Waals surface area (Å²) in [5.74, 6) is 0.293. The molecule has 7 nitrogen and oxygen atoms in total. The molecule has 3 aromatic rings. The first kappa shape index (κ1) is 21.2. The Morgan fingerprint density at radius 1 is 1.13 bits per heavy atom. The highest BCUT2D eigenvalue weighted by atomic mass is 16.6. The topological polar surface area (TPSA) is 90.1 Å². The number of aromatic nitrogens is 2. The lowest BCUT2D eigenvalue weighted by Crippen LogP contribution is -2.27. The third-order valence-corrected chi connectivity index (χ3v) is 4.90. The van der Waals surface area contributed by atoms with Crippen LogP contribution in [0.1, 0.15) is 41.9 Å². The second-order valence-corrected chi connectivity index (χ2v) is 7.86. The van der Waals surface area contributed by atoms with Crippen LogP contribution in [0.5, 0.6) is 0 Å². The smallest absolute Gasteiger partial charge is 0.270 e. The van der Waals surface area contributed by atoms with Crippen molar-refractivity contribution in [3.05, 3.63) is 75.5 Å². The van der Waals surface area contributed by atoms with Crippen LogP contribution in [0.3, 0.4) is 0 Å². The third kappa shape index (κ3) is 4.74. The molecule has 1 N–H and O–H groups in total. The lowest BCUT2D eigenvalue weighted by atomic mass is 10.1. The van der Waals surface area contributed by atoms with Crippen molar-refractivity contribution >= 4 is 11.6 Å². The first-order chi connectivity index (χ1) is 14.3. The van der Waals surface area contributed by atoms with Gasteiger partial charge in [-0.15, -0.1) is 0 Å². The van der Waals surface area contributed by atoms with Crippen LogP contribution in [-0.4, -0.2) is 27.2 Å². The fraction of sp³-hybridized carbons (Fsp3) is 0.304. The molecule has 156 valence electrons. The number of amides is 1. The lowest BCUT2D eigenvalue weighted by Gasteiger charge is -2.12. The van der Waals surface area contributed by atoms with Crippen molar-refractivity contribution < 1.29 is 9.72 Å². The van der Waals surface area contributed by atoms with Gasteiger partial charge in [0.1, 0.15) is 5.69 Å². The number of nitro groups is 1. The van der Waals surface area contributed by atoms with Crippen molar-refractivity contribution in [2.45, 2.75) is 34.1 Å². The van der Waals surface area contributed by atoms with E-state index in [1.807, 2.05) is 32.0 Å². The highest BCUT2D eigenvalue weighted by Gasteiger charge is 2.19. The van der Waals surface area contributed by atoms with Gasteiger partial charge in [-0.25, -0.2) is 4.68 Å². The molecule has 0 spiro atoms. The molecule has 30 heavy (non-hydrogen) atoms. The van der Waals surface area contributed by atoms with E-state index in [9.17, 15) is 14.9 Å². The van der Waals surface area contributed by atoms with Crippen LogP contribution in [0.4, 0.5) is 5.69 Å². The van der Waals surface area contributed by atoms with E-state index in [1.165, 1.54) is 12.1 Å². The fourth-order valence-corrected chi connectivity index (χ4v) is 3.23. The number of benzene rings is 2. The van der Waals surface area contributed by atoms with E-state index in [0.29, 0.717) is 29.4 Å². The molecule has 1 aromatic heterocycles. The minimum Gasteiger partial charge on any atom is -0.351 e. The average molecular weight is 406 g/mol. The fourth-order valence-electron chi connectivity index (χ4n) is 3.23. The summed E-state index contributed by atoms with van der Waals surface area (Å²) in [4.78, 5) is 23.4. The molecule has 0 radical (unpaired) electrons. The average Bonchev–Trinajstić information content (AvgIpc) is 3.13. The van der Waals surface area contributed by atoms with Crippen LogP contribution in [0.25, 0.3) is 16.9 Å². The van der Waals surface area contributed by atoms with Crippen molar-refractivity contribution in [2.24, 2.45) is 5.92 Å². The van der Waals surface area contributed by atoms with Gasteiger partial charge in [0.05, 0.1) is 16.3 Å². The quantitative estimate of drug-likeness (QED) is 0.449. The number of hydrogen-bond acceptors (Lipinski definition) is 4. The highest BCUT2D eigenvalue weighted by molar-refractivity contribution is 5.94. The number of carbonyl (C=O) groups is 1. The normalized spacial score (nSPS) is 11.0. The maximum absolute atomic E-state index is 12.9. The third-order valence-electron chi connectivity index (χ3n) is 4.90. The van der Waals surface area contributed by atoms with Gasteiger partial charge < -0.3 is 5.32 Å². The van der Waals surface area contributed by atoms with Crippen molar-refractivity contribution in [3.63, 3.8) is 0 Å². The number of rotatable bonds is 7. The molecule has 2 aromatic carbocycles. The monoisotopic (exact) mass is 406 g/mol. The predicted molar refractivity (Wildman–Crippen MR) is 117 cm³/mol. The van der Waals surface area contributed by atoms with Gasteiger partial charge in [-0.2, -0.15) is 5.10 Å². The Balaban J connectivity index is 2.02. The van der Waals surface area contributed by atoms with E-state index in [2.05, 4.69) is 24.3 Å². The number of nitrogens with one attached hydrogen (secondary N) is 1. The lowest BCUT2D eigenvalue weighted by molar-refractivity contribution is -0.384. The molecule has 1 heterocycles. The maximum atomic E-state index is 12.9. The van der Waals surface area contributed by atoms with Gasteiger partial charge in [0.2, 0.25) is 0 Å². The van der Waals surface area contributed by atoms with Gasteiger partial charge in [-0.1, -0.05) is 31.5 Å². The van der Waals surface area contributed by atoms with E-state index in [4.69, 9.17) is 0 Å². The summed E-state index contributed by atoms with van der Waals surface area (Å²) in [6, 6.07) is 13.9.